The van der Waals surface area contributed by atoms with Crippen molar-refractivity contribution < 1.29 is 18.3 Å². The molecule has 0 aliphatic rings. The van der Waals surface area contributed by atoms with Gasteiger partial charge in [-0.15, -0.1) is 0 Å². The molecule has 3 aromatic carbocycles. The minimum absolute atomic E-state index is 0.0326. The molecule has 0 spiro atoms. The number of hydrogen-bond acceptors (Lipinski definition) is 5. The van der Waals surface area contributed by atoms with Crippen molar-refractivity contribution >= 4 is 51.0 Å². The van der Waals surface area contributed by atoms with Crippen LogP contribution >= 0.6 is 23.2 Å². The highest BCUT2D eigenvalue weighted by Crippen LogP contribution is 2.30. The fourth-order valence-electron chi connectivity index (χ4n) is 3.13. The molecule has 0 heterocycles. The van der Waals surface area contributed by atoms with Crippen molar-refractivity contribution in [2.75, 3.05) is 10.8 Å². The second kappa shape index (κ2) is 10.2. The number of carbonyl (C=O) groups is 1. The predicted octanol–water partition coefficient (Wildman–Crippen LogP) is 4.66. The Kier molecular flexibility index (Phi) is 7.63. The first-order valence-electron chi connectivity index (χ1n) is 9.74. The van der Waals surface area contributed by atoms with E-state index in [1.165, 1.54) is 24.3 Å². The van der Waals surface area contributed by atoms with Gasteiger partial charge in [-0.05, 0) is 49.7 Å². The van der Waals surface area contributed by atoms with Gasteiger partial charge in [0.1, 0.15) is 12.3 Å². The van der Waals surface area contributed by atoms with E-state index in [9.17, 15) is 18.3 Å². The summed E-state index contributed by atoms with van der Waals surface area (Å²) in [6.45, 7) is 3.16. The first kappa shape index (κ1) is 24.6. The molecule has 172 valence electrons. The average Bonchev–Trinajstić information content (AvgIpc) is 2.76. The Morgan fingerprint density at radius 3 is 2.45 bits per heavy atom. The normalized spacial score (nSPS) is 11.5. The van der Waals surface area contributed by atoms with Gasteiger partial charge >= 0.3 is 0 Å². The number of halogens is 2. The maximum absolute atomic E-state index is 13.4. The summed E-state index contributed by atoms with van der Waals surface area (Å²) in [6, 6.07) is 15.9. The van der Waals surface area contributed by atoms with Gasteiger partial charge in [0.05, 0.1) is 21.8 Å². The number of benzene rings is 3. The number of hydrogen-bond donors (Lipinski definition) is 2. The van der Waals surface area contributed by atoms with E-state index in [0.29, 0.717) is 11.3 Å². The van der Waals surface area contributed by atoms with Crippen LogP contribution in [0.4, 0.5) is 5.69 Å². The molecule has 0 saturated heterocycles. The highest BCUT2D eigenvalue weighted by molar-refractivity contribution is 7.92. The fraction of sp³-hybridized carbons (Fsp3) is 0.130. The lowest BCUT2D eigenvalue weighted by Gasteiger charge is -2.25. The van der Waals surface area contributed by atoms with E-state index in [1.54, 1.807) is 37.3 Å². The van der Waals surface area contributed by atoms with Gasteiger partial charge in [-0.1, -0.05) is 59.1 Å². The zero-order valence-corrected chi connectivity index (χ0v) is 20.1. The molecule has 0 aromatic heterocycles. The van der Waals surface area contributed by atoms with Gasteiger partial charge in [0.25, 0.3) is 15.9 Å². The molecule has 0 bridgehead atoms. The van der Waals surface area contributed by atoms with Crippen LogP contribution in [0.5, 0.6) is 5.75 Å². The van der Waals surface area contributed by atoms with Crippen LogP contribution in [-0.2, 0) is 14.8 Å². The molecule has 7 nitrogen and oxygen atoms in total. The molecule has 1 amide bonds. The molecule has 0 aliphatic carbocycles. The molecule has 0 saturated carbocycles. The first-order chi connectivity index (χ1) is 15.6. The Hall–Kier alpha value is -3.07. The third kappa shape index (κ3) is 5.84. The van der Waals surface area contributed by atoms with Crippen molar-refractivity contribution in [1.82, 2.24) is 5.43 Å². The van der Waals surface area contributed by atoms with Crippen molar-refractivity contribution in [2.24, 2.45) is 5.10 Å². The summed E-state index contributed by atoms with van der Waals surface area (Å²) in [4.78, 5) is 12.7. The highest BCUT2D eigenvalue weighted by Gasteiger charge is 2.28. The summed E-state index contributed by atoms with van der Waals surface area (Å²) in [6.07, 6.45) is 1.16. The van der Waals surface area contributed by atoms with Gasteiger partial charge in [-0.25, -0.2) is 13.8 Å². The Morgan fingerprint density at radius 2 is 1.79 bits per heavy atom. The number of nitrogens with zero attached hydrogens (tertiary/aromatic N) is 2. The van der Waals surface area contributed by atoms with Gasteiger partial charge < -0.3 is 5.11 Å². The Morgan fingerprint density at radius 1 is 1.09 bits per heavy atom. The maximum Gasteiger partial charge on any atom is 0.264 e. The number of nitrogens with one attached hydrogen (secondary N) is 1. The minimum Gasteiger partial charge on any atom is -0.506 e. The van der Waals surface area contributed by atoms with E-state index < -0.39 is 22.5 Å². The zero-order valence-electron chi connectivity index (χ0n) is 17.8. The second-order valence-corrected chi connectivity index (χ2v) is 9.94. The summed E-state index contributed by atoms with van der Waals surface area (Å²) in [7, 11) is -4.03. The van der Waals surface area contributed by atoms with Crippen LogP contribution in [0.2, 0.25) is 10.0 Å². The first-order valence-corrected chi connectivity index (χ1v) is 11.9. The van der Waals surface area contributed by atoms with Gasteiger partial charge in [-0.2, -0.15) is 5.10 Å². The van der Waals surface area contributed by atoms with Crippen LogP contribution in [0.15, 0.2) is 70.7 Å². The monoisotopic (exact) mass is 505 g/mol. The third-order valence-corrected chi connectivity index (χ3v) is 6.97. The number of aryl methyl sites for hydroxylation is 2. The number of carbonyl (C=O) groups excluding carboxylic acids is 1. The van der Waals surface area contributed by atoms with Gasteiger partial charge in [0.15, 0.2) is 0 Å². The molecule has 33 heavy (non-hydrogen) atoms. The average molecular weight is 506 g/mol. The standard InChI is InChI=1S/C23H21Cl2N3O4S/c1-15-8-9-21(16(2)10-15)28(33(31,32)19-6-4-3-5-7-19)14-22(29)27-26-13-17-11-18(24)12-20(25)23(17)30/h3-13,30H,14H2,1-2H3,(H,27,29)/b26-13-. The van der Waals surface area contributed by atoms with Gasteiger partial charge in [-0.3, -0.25) is 9.10 Å². The van der Waals surface area contributed by atoms with Crippen molar-refractivity contribution in [1.29, 1.82) is 0 Å². The van der Waals surface area contributed by atoms with E-state index >= 15 is 0 Å². The van der Waals surface area contributed by atoms with Crippen LogP contribution in [0.1, 0.15) is 16.7 Å². The number of phenolic OH excluding ortho intramolecular Hbond substituents is 1. The molecule has 0 atom stereocenters. The lowest BCUT2D eigenvalue weighted by molar-refractivity contribution is -0.119. The number of hydrazone groups is 1. The summed E-state index contributed by atoms with van der Waals surface area (Å²) in [5.41, 5.74) is 4.51. The Bertz CT molecular complexity index is 1310. The molecule has 10 heteroatoms. The molecule has 2 N–H and O–H groups in total. The van der Waals surface area contributed by atoms with Gasteiger partial charge in [0, 0.05) is 10.6 Å². The molecule has 0 aliphatic heterocycles. The van der Waals surface area contributed by atoms with Crippen molar-refractivity contribution in [3.63, 3.8) is 0 Å². The smallest absolute Gasteiger partial charge is 0.264 e. The minimum atomic E-state index is -4.03. The Balaban J connectivity index is 1.88. The largest absolute Gasteiger partial charge is 0.506 e. The predicted molar refractivity (Wildman–Crippen MR) is 131 cm³/mol. The zero-order chi connectivity index (χ0) is 24.2. The topological polar surface area (TPSA) is 99.1 Å². The number of amides is 1. The molecule has 0 unspecified atom stereocenters. The fourth-order valence-corrected chi connectivity index (χ4v) is 5.14. The van der Waals surface area contributed by atoms with Crippen LogP contribution in [0, 0.1) is 13.8 Å². The molecule has 3 aromatic rings. The van der Waals surface area contributed by atoms with Crippen molar-refractivity contribution in [2.45, 2.75) is 18.7 Å². The summed E-state index contributed by atoms with van der Waals surface area (Å²) in [5, 5.41) is 14.1. The van der Waals surface area contributed by atoms with Crippen LogP contribution < -0.4 is 9.73 Å². The van der Waals surface area contributed by atoms with Crippen LogP contribution in [0.25, 0.3) is 0 Å². The lowest BCUT2D eigenvalue weighted by Crippen LogP contribution is -2.40. The molecular weight excluding hydrogens is 485 g/mol. The van der Waals surface area contributed by atoms with E-state index in [2.05, 4.69) is 10.5 Å². The van der Waals surface area contributed by atoms with Gasteiger partial charge in [0.2, 0.25) is 0 Å². The summed E-state index contributed by atoms with van der Waals surface area (Å²) < 4.78 is 27.8. The molecular formula is C23H21Cl2N3O4S. The SMILES string of the molecule is Cc1ccc(N(CC(=O)N/N=C\c2cc(Cl)cc(Cl)c2O)S(=O)(=O)c2ccccc2)c(C)c1. The van der Waals surface area contributed by atoms with Crippen molar-refractivity contribution in [3.8, 4) is 5.75 Å². The maximum atomic E-state index is 13.4. The van der Waals surface area contributed by atoms with E-state index in [4.69, 9.17) is 23.2 Å². The number of rotatable bonds is 7. The molecule has 0 radical (unpaired) electrons. The summed E-state index contributed by atoms with van der Waals surface area (Å²) in [5.74, 6) is -0.930. The number of anilines is 1. The molecule has 0 fully saturated rings. The lowest BCUT2D eigenvalue weighted by atomic mass is 10.1. The quantitative estimate of drug-likeness (QED) is 0.360. The number of sulfonamides is 1. The highest BCUT2D eigenvalue weighted by atomic mass is 35.5. The van der Waals surface area contributed by atoms with Crippen LogP contribution in [-0.4, -0.2) is 32.2 Å². The second-order valence-electron chi connectivity index (χ2n) is 7.23. The van der Waals surface area contributed by atoms with E-state index in [-0.39, 0.29) is 26.3 Å². The number of phenols is 1. The van der Waals surface area contributed by atoms with E-state index in [1.807, 2.05) is 13.0 Å². The summed E-state index contributed by atoms with van der Waals surface area (Å²) >= 11 is 11.8. The van der Waals surface area contributed by atoms with E-state index in [0.717, 1.165) is 16.1 Å². The molecule has 3 rings (SSSR count). The number of aromatic hydroxyl groups is 1. The Labute approximate surface area is 202 Å². The third-order valence-electron chi connectivity index (χ3n) is 4.69. The van der Waals surface area contributed by atoms with Crippen molar-refractivity contribution in [3.05, 3.63) is 87.4 Å². The van der Waals surface area contributed by atoms with Crippen LogP contribution in [0.3, 0.4) is 0 Å².